The summed E-state index contributed by atoms with van der Waals surface area (Å²) in [5.41, 5.74) is 6.58. The normalized spacial score (nSPS) is 29.0. The van der Waals surface area contributed by atoms with E-state index in [1.807, 2.05) is 18.2 Å². The standard InChI is InChI=1S/C13H18BrNO2/c1-8-5-11(6-9(2)16-8)17-13-7-10(14)3-4-12(13)15/h3-4,7-9,11H,5-6,15H2,1-2H3. The summed E-state index contributed by atoms with van der Waals surface area (Å²) in [6.07, 6.45) is 2.51. The number of rotatable bonds is 2. The van der Waals surface area contributed by atoms with Crippen molar-refractivity contribution in [3.05, 3.63) is 22.7 Å². The van der Waals surface area contributed by atoms with Gasteiger partial charge in [0.05, 0.1) is 17.9 Å². The lowest BCUT2D eigenvalue weighted by Gasteiger charge is -2.32. The van der Waals surface area contributed by atoms with Gasteiger partial charge in [-0.1, -0.05) is 15.9 Å². The van der Waals surface area contributed by atoms with Crippen LogP contribution in [0.15, 0.2) is 22.7 Å². The van der Waals surface area contributed by atoms with E-state index in [0.717, 1.165) is 23.1 Å². The van der Waals surface area contributed by atoms with Crippen LogP contribution in [0, 0.1) is 0 Å². The second-order valence-electron chi connectivity index (χ2n) is 4.65. The first kappa shape index (κ1) is 12.7. The van der Waals surface area contributed by atoms with Gasteiger partial charge in [0.1, 0.15) is 11.9 Å². The molecule has 0 aromatic heterocycles. The number of nitrogens with two attached hydrogens (primary N) is 1. The average molecular weight is 300 g/mol. The molecule has 1 aliphatic heterocycles. The van der Waals surface area contributed by atoms with Gasteiger partial charge < -0.3 is 15.2 Å². The van der Waals surface area contributed by atoms with Crippen molar-refractivity contribution >= 4 is 21.6 Å². The second-order valence-corrected chi connectivity index (χ2v) is 5.57. The quantitative estimate of drug-likeness (QED) is 0.852. The lowest BCUT2D eigenvalue weighted by atomic mass is 10.0. The van der Waals surface area contributed by atoms with Crippen molar-refractivity contribution in [1.82, 2.24) is 0 Å². The Morgan fingerprint density at radius 3 is 2.59 bits per heavy atom. The van der Waals surface area contributed by atoms with Gasteiger partial charge in [0.2, 0.25) is 0 Å². The van der Waals surface area contributed by atoms with Crippen molar-refractivity contribution < 1.29 is 9.47 Å². The summed E-state index contributed by atoms with van der Waals surface area (Å²) < 4.78 is 12.6. The summed E-state index contributed by atoms with van der Waals surface area (Å²) in [6, 6.07) is 5.68. The predicted molar refractivity (Wildman–Crippen MR) is 72.2 cm³/mol. The largest absolute Gasteiger partial charge is 0.488 e. The van der Waals surface area contributed by atoms with E-state index < -0.39 is 0 Å². The van der Waals surface area contributed by atoms with E-state index in [-0.39, 0.29) is 18.3 Å². The lowest BCUT2D eigenvalue weighted by Crippen LogP contribution is -2.35. The monoisotopic (exact) mass is 299 g/mol. The van der Waals surface area contributed by atoms with Crippen molar-refractivity contribution in [1.29, 1.82) is 0 Å². The molecule has 1 aromatic rings. The van der Waals surface area contributed by atoms with Crippen LogP contribution >= 0.6 is 15.9 Å². The van der Waals surface area contributed by atoms with Gasteiger partial charge in [-0.25, -0.2) is 0 Å². The van der Waals surface area contributed by atoms with Crippen molar-refractivity contribution in [2.24, 2.45) is 0 Å². The van der Waals surface area contributed by atoms with E-state index in [4.69, 9.17) is 15.2 Å². The van der Waals surface area contributed by atoms with Gasteiger partial charge in [-0.15, -0.1) is 0 Å². The third-order valence-electron chi connectivity index (χ3n) is 2.92. The first-order chi connectivity index (χ1) is 8.04. The number of benzene rings is 1. The van der Waals surface area contributed by atoms with Crippen molar-refractivity contribution in [3.8, 4) is 5.75 Å². The zero-order valence-corrected chi connectivity index (χ0v) is 11.7. The molecule has 0 spiro atoms. The van der Waals surface area contributed by atoms with Gasteiger partial charge in [-0.2, -0.15) is 0 Å². The predicted octanol–water partition coefficient (Wildman–Crippen LogP) is 3.37. The fourth-order valence-electron chi connectivity index (χ4n) is 2.23. The molecule has 1 aromatic carbocycles. The number of hydrogen-bond donors (Lipinski definition) is 1. The summed E-state index contributed by atoms with van der Waals surface area (Å²) in [5, 5.41) is 0. The van der Waals surface area contributed by atoms with Gasteiger partial charge in [-0.05, 0) is 32.0 Å². The summed E-state index contributed by atoms with van der Waals surface area (Å²) in [5.74, 6) is 0.755. The lowest BCUT2D eigenvalue weighted by molar-refractivity contribution is -0.0720. The van der Waals surface area contributed by atoms with Crippen molar-refractivity contribution in [2.75, 3.05) is 5.73 Å². The van der Waals surface area contributed by atoms with Gasteiger partial charge in [0.15, 0.2) is 0 Å². The SMILES string of the molecule is CC1CC(Oc2cc(Br)ccc2N)CC(C)O1. The van der Waals surface area contributed by atoms with Crippen LogP contribution < -0.4 is 10.5 Å². The topological polar surface area (TPSA) is 44.5 Å². The van der Waals surface area contributed by atoms with Gasteiger partial charge in [-0.3, -0.25) is 0 Å². The molecule has 94 valence electrons. The summed E-state index contributed by atoms with van der Waals surface area (Å²) >= 11 is 3.42. The number of anilines is 1. The van der Waals surface area contributed by atoms with Gasteiger partial charge in [0, 0.05) is 17.3 Å². The first-order valence-electron chi connectivity index (χ1n) is 5.91. The molecular formula is C13H18BrNO2. The van der Waals surface area contributed by atoms with Crippen molar-refractivity contribution in [3.63, 3.8) is 0 Å². The van der Waals surface area contributed by atoms with E-state index in [1.165, 1.54) is 0 Å². The maximum absolute atomic E-state index is 5.97. The molecule has 4 heteroatoms. The molecule has 0 radical (unpaired) electrons. The van der Waals surface area contributed by atoms with E-state index in [2.05, 4.69) is 29.8 Å². The van der Waals surface area contributed by atoms with Crippen LogP contribution in [0.1, 0.15) is 26.7 Å². The van der Waals surface area contributed by atoms with Crippen LogP contribution in [-0.4, -0.2) is 18.3 Å². The van der Waals surface area contributed by atoms with Crippen LogP contribution in [-0.2, 0) is 4.74 Å². The number of hydrogen-bond acceptors (Lipinski definition) is 3. The Labute approximate surface area is 110 Å². The Bertz CT molecular complexity index is 387. The average Bonchev–Trinajstić information content (AvgIpc) is 2.22. The maximum Gasteiger partial charge on any atom is 0.143 e. The zero-order valence-electron chi connectivity index (χ0n) is 10.2. The molecule has 1 saturated heterocycles. The molecule has 17 heavy (non-hydrogen) atoms. The maximum atomic E-state index is 5.97. The smallest absolute Gasteiger partial charge is 0.143 e. The highest BCUT2D eigenvalue weighted by Crippen LogP contribution is 2.30. The Morgan fingerprint density at radius 2 is 1.94 bits per heavy atom. The summed E-state index contributed by atoms with van der Waals surface area (Å²) in [4.78, 5) is 0. The molecular weight excluding hydrogens is 282 g/mol. The molecule has 1 aliphatic rings. The number of nitrogen functional groups attached to an aromatic ring is 1. The molecule has 2 unspecified atom stereocenters. The van der Waals surface area contributed by atoms with Crippen LogP contribution in [0.2, 0.25) is 0 Å². The Morgan fingerprint density at radius 1 is 1.29 bits per heavy atom. The molecule has 1 heterocycles. The highest BCUT2D eigenvalue weighted by Gasteiger charge is 2.26. The van der Waals surface area contributed by atoms with E-state index in [0.29, 0.717) is 5.69 Å². The zero-order chi connectivity index (χ0) is 12.4. The molecule has 3 nitrogen and oxygen atoms in total. The molecule has 0 bridgehead atoms. The number of ether oxygens (including phenoxy) is 2. The van der Waals surface area contributed by atoms with Crippen LogP contribution in [0.3, 0.4) is 0 Å². The van der Waals surface area contributed by atoms with E-state index in [1.54, 1.807) is 0 Å². The second kappa shape index (κ2) is 5.27. The first-order valence-corrected chi connectivity index (χ1v) is 6.71. The third kappa shape index (κ3) is 3.36. The Hall–Kier alpha value is -0.740. The summed E-state index contributed by atoms with van der Waals surface area (Å²) in [7, 11) is 0. The minimum Gasteiger partial charge on any atom is -0.488 e. The van der Waals surface area contributed by atoms with E-state index >= 15 is 0 Å². The molecule has 0 amide bonds. The minimum absolute atomic E-state index is 0.186. The molecule has 0 aliphatic carbocycles. The van der Waals surface area contributed by atoms with Crippen LogP contribution in [0.25, 0.3) is 0 Å². The number of halogens is 1. The molecule has 1 fully saturated rings. The fraction of sp³-hybridized carbons (Fsp3) is 0.538. The Balaban J connectivity index is 2.07. The third-order valence-corrected chi connectivity index (χ3v) is 3.42. The fourth-order valence-corrected chi connectivity index (χ4v) is 2.57. The minimum atomic E-state index is 0.186. The molecule has 2 atom stereocenters. The molecule has 0 saturated carbocycles. The van der Waals surface area contributed by atoms with E-state index in [9.17, 15) is 0 Å². The highest BCUT2D eigenvalue weighted by atomic mass is 79.9. The highest BCUT2D eigenvalue weighted by molar-refractivity contribution is 9.10. The van der Waals surface area contributed by atoms with Crippen LogP contribution in [0.5, 0.6) is 5.75 Å². The van der Waals surface area contributed by atoms with Crippen molar-refractivity contribution in [2.45, 2.75) is 45.0 Å². The summed E-state index contributed by atoms with van der Waals surface area (Å²) in [6.45, 7) is 4.16. The van der Waals surface area contributed by atoms with Crippen LogP contribution in [0.4, 0.5) is 5.69 Å². The Kier molecular flexibility index (Phi) is 3.94. The molecule has 2 N–H and O–H groups in total. The molecule has 2 rings (SSSR count). The van der Waals surface area contributed by atoms with Gasteiger partial charge in [0.25, 0.3) is 0 Å². The van der Waals surface area contributed by atoms with Gasteiger partial charge >= 0.3 is 0 Å².